The molecule has 2 bridgehead atoms. The summed E-state index contributed by atoms with van der Waals surface area (Å²) in [6, 6.07) is 4.43. The molecular formula is C89H132N14O20. The van der Waals surface area contributed by atoms with Crippen molar-refractivity contribution in [3.05, 3.63) is 90.1 Å². The van der Waals surface area contributed by atoms with Gasteiger partial charge in [-0.1, -0.05) is 71.1 Å². The van der Waals surface area contributed by atoms with Crippen molar-refractivity contribution in [1.29, 1.82) is 0 Å². The maximum Gasteiger partial charge on any atom is 0.407 e. The lowest BCUT2D eigenvalue weighted by molar-refractivity contribution is -0.265. The quantitative estimate of drug-likeness (QED) is 0.0101. The number of piperazine rings is 1. The Labute approximate surface area is 721 Å². The third kappa shape index (κ3) is 27.4. The molecule has 4 aliphatic heterocycles. The zero-order chi connectivity index (χ0) is 88.1. The van der Waals surface area contributed by atoms with E-state index in [4.69, 9.17) is 73.1 Å². The van der Waals surface area contributed by atoms with E-state index in [-0.39, 0.29) is 80.3 Å². The van der Waals surface area contributed by atoms with Crippen LogP contribution in [0.5, 0.6) is 0 Å². The van der Waals surface area contributed by atoms with Crippen LogP contribution in [0.3, 0.4) is 0 Å². The monoisotopic (exact) mass is 1720 g/mol. The minimum atomic E-state index is -2.46. The van der Waals surface area contributed by atoms with E-state index in [0.29, 0.717) is 174 Å². The van der Waals surface area contributed by atoms with Crippen molar-refractivity contribution in [2.75, 3.05) is 143 Å². The van der Waals surface area contributed by atoms with Crippen molar-refractivity contribution in [2.24, 2.45) is 35.5 Å². The second-order valence-electron chi connectivity index (χ2n) is 33.5. The number of fused-ring (bicyclic) bond motifs is 5. The van der Waals surface area contributed by atoms with Crippen LogP contribution in [0.1, 0.15) is 150 Å². The predicted octanol–water partition coefficient (Wildman–Crippen LogP) is 8.64. The number of methoxy groups -OCH3 is 4. The van der Waals surface area contributed by atoms with Crippen LogP contribution in [-0.4, -0.2) is 278 Å². The number of aryl methyl sites for hydroxylation is 1. The van der Waals surface area contributed by atoms with Crippen LogP contribution in [0.15, 0.2) is 88.9 Å². The number of ketones is 2. The van der Waals surface area contributed by atoms with Gasteiger partial charge >= 0.3 is 12.1 Å². The normalized spacial score (nSPS) is 28.4. The largest absolute Gasteiger partial charge is 0.460 e. The number of nitrogens with two attached hydrogens (primary N) is 2. The number of aromatic nitrogens is 7. The molecule has 1 saturated carbocycles. The molecule has 678 valence electrons. The number of carbonyl (C=O) groups excluding carboxylic acids is 6. The molecule has 3 saturated heterocycles. The molecule has 10 rings (SSSR count). The summed E-state index contributed by atoms with van der Waals surface area (Å²) in [5, 5.41) is 35.3. The third-order valence-electron chi connectivity index (χ3n) is 24.4. The molecule has 0 radical (unpaired) electrons. The number of allylic oxidation sites excluding steroid dienone is 5. The number of aliphatic hydroxyl groups excluding tert-OH is 1. The van der Waals surface area contributed by atoms with Gasteiger partial charge in [0.2, 0.25) is 17.6 Å². The molecule has 8 heterocycles. The molecule has 123 heavy (non-hydrogen) atoms. The molecule has 1 aromatic carbocycles. The van der Waals surface area contributed by atoms with Crippen LogP contribution in [0, 0.1) is 35.5 Å². The Bertz CT molecular complexity index is 4340. The number of benzene rings is 1. The molecule has 8 N–H and O–H groups in total. The molecule has 16 atom stereocenters. The smallest absolute Gasteiger partial charge is 0.407 e. The molecule has 1 aliphatic carbocycles. The average molecular weight is 1720 g/mol. The Hall–Kier alpha value is -8.78. The number of oxazole rings is 1. The summed E-state index contributed by atoms with van der Waals surface area (Å²) >= 11 is 0. The lowest BCUT2D eigenvalue weighted by Crippen LogP contribution is -2.61. The van der Waals surface area contributed by atoms with E-state index in [1.165, 1.54) is 18.3 Å². The van der Waals surface area contributed by atoms with Crippen molar-refractivity contribution < 1.29 is 95.5 Å². The van der Waals surface area contributed by atoms with Gasteiger partial charge in [0.1, 0.15) is 53.8 Å². The van der Waals surface area contributed by atoms with Gasteiger partial charge in [0.05, 0.1) is 82.7 Å². The zero-order valence-corrected chi connectivity index (χ0v) is 73.6. The van der Waals surface area contributed by atoms with Crippen molar-refractivity contribution in [2.45, 2.75) is 219 Å². The maximum absolute atomic E-state index is 15.0. The number of alkyl carbamates (subject to hydrolysis) is 1. The number of rotatable bonds is 32. The molecule has 34 nitrogen and oxygen atoms in total. The Morgan fingerprint density at radius 1 is 0.732 bits per heavy atom. The molecule has 3 amide bonds. The van der Waals surface area contributed by atoms with Gasteiger partial charge in [0.15, 0.2) is 17.0 Å². The summed E-state index contributed by atoms with van der Waals surface area (Å²) in [6.45, 7) is 21.6. The zero-order valence-electron chi connectivity index (χ0n) is 73.6. The number of aliphatic hydroxyl groups is 2. The number of nitrogen functional groups attached to an aromatic ring is 2. The predicted molar refractivity (Wildman–Crippen MR) is 460 cm³/mol. The topological polar surface area (TPSA) is 426 Å². The van der Waals surface area contributed by atoms with E-state index in [9.17, 15) is 39.0 Å². The first-order valence-electron chi connectivity index (χ1n) is 43.7. The van der Waals surface area contributed by atoms with Crippen LogP contribution in [0.25, 0.3) is 33.4 Å². The van der Waals surface area contributed by atoms with Gasteiger partial charge < -0.3 is 98.6 Å². The van der Waals surface area contributed by atoms with Crippen molar-refractivity contribution in [3.63, 3.8) is 0 Å². The fraction of sp³-hybridized carbons (Fsp3) is 0.663. The molecule has 4 fully saturated rings. The van der Waals surface area contributed by atoms with Gasteiger partial charge in [-0.25, -0.2) is 34.2 Å². The van der Waals surface area contributed by atoms with Crippen molar-refractivity contribution >= 4 is 75.4 Å². The van der Waals surface area contributed by atoms with Gasteiger partial charge in [-0.2, -0.15) is 10.1 Å². The van der Waals surface area contributed by atoms with E-state index in [2.05, 4.69) is 45.4 Å². The fourth-order valence-electron chi connectivity index (χ4n) is 17.1. The van der Waals surface area contributed by atoms with E-state index in [1.54, 1.807) is 58.3 Å². The number of piperidine rings is 1. The molecule has 0 spiro atoms. The van der Waals surface area contributed by atoms with E-state index < -0.39 is 96.2 Å². The van der Waals surface area contributed by atoms with Crippen molar-refractivity contribution in [3.8, 4) is 11.3 Å². The number of hydrogen-bond donors (Lipinski definition) is 6. The highest BCUT2D eigenvalue weighted by molar-refractivity contribution is 6.39. The van der Waals surface area contributed by atoms with Gasteiger partial charge in [-0.15, -0.1) is 0 Å². The van der Waals surface area contributed by atoms with E-state index >= 15 is 0 Å². The first kappa shape index (κ1) is 96.4. The molecule has 34 heteroatoms. The second-order valence-corrected chi connectivity index (χ2v) is 33.5. The van der Waals surface area contributed by atoms with E-state index in [0.717, 1.165) is 56.7 Å². The van der Waals surface area contributed by atoms with Gasteiger partial charge in [-0.05, 0) is 138 Å². The average Bonchev–Trinajstić information content (AvgIpc) is 1.70. The van der Waals surface area contributed by atoms with Gasteiger partial charge in [0.25, 0.3) is 17.7 Å². The molecule has 5 aliphatic rings. The van der Waals surface area contributed by atoms with Crippen LogP contribution in [0.2, 0.25) is 0 Å². The molecule has 5 aromatic rings. The Kier molecular flexibility index (Phi) is 37.7. The number of nitrogens with zero attached hydrogens (tertiary/aromatic N) is 10. The highest BCUT2D eigenvalue weighted by Gasteiger charge is 2.53. The summed E-state index contributed by atoms with van der Waals surface area (Å²) in [4.78, 5) is 112. The number of anilines is 3. The number of hydrogen-bond acceptors (Lipinski definition) is 30. The Morgan fingerprint density at radius 2 is 1.46 bits per heavy atom. The van der Waals surface area contributed by atoms with Crippen LogP contribution in [0.4, 0.5) is 22.6 Å². The van der Waals surface area contributed by atoms with Crippen molar-refractivity contribution in [1.82, 2.24) is 55.1 Å². The highest BCUT2D eigenvalue weighted by Crippen LogP contribution is 2.40. The Morgan fingerprint density at radius 3 is 2.17 bits per heavy atom. The molecule has 4 aromatic heterocycles. The first-order valence-corrected chi connectivity index (χ1v) is 43.7. The summed E-state index contributed by atoms with van der Waals surface area (Å²) in [5.74, 6) is -6.53. The minimum Gasteiger partial charge on any atom is -0.460 e. The second kappa shape index (κ2) is 48.1. The number of cyclic esters (lactones) is 1. The number of nitrogens with one attached hydrogen (secondary N) is 2. The standard InChI is InChI=1S/C89H132N14O20/c1-56-19-13-12-14-20-57(2)71(112-8)50-66-25-22-62(7)89(111,123-66)81(107)84(108)102-30-17-15-21-68(102)85(109)120-73(51-72(113-9)58(3)46-61(6)79(106)80(115-11)78(105)60(5)45-56)59(4)47-63-23-26-70(74(48-63)114-10)122-88(110)95-54-64-52-93-87(94-53-64)101-34-32-100(33-35-101)36-38-117-40-42-119-44-43-118-41-39-116-37-28-75(104)92-29-16-18-31-103-83-76(82(90)96-55-97-83)77(99-103)65-24-27-69-67(49-65)98-86(91)121-69/h12-14,19-20,24,27,46,49,52-53,55-56,58-60,62-63,66,68,70-74,79-80,106,111H,15-18,21-23,25-26,28-45,47-48,50-51,54H2,1-11H3,(H2,91,98)(H,92,104)(H,95,110)(H2,90,96,97)/b14-12+,19-13+,57-20+,61-46+/t56-,58-,59-,60-,62-,63+,66+,68+,70-,71+,72-,73+,74-,79-,80+,89-/m1/s1. The number of Topliss-reactive ketones (excluding diaryl/α,β-unsaturated/α-hetero) is 2. The summed E-state index contributed by atoms with van der Waals surface area (Å²) in [5.41, 5.74) is 17.3. The first-order chi connectivity index (χ1) is 59.3. The highest BCUT2D eigenvalue weighted by atomic mass is 16.6. The number of amides is 3. The SMILES string of the molecule is CO[C@H]1C[C@@H]2CC[C@@H](C)[C@@](O)(O2)C(=O)C(=O)N2CCCC[C@H]2C(=O)O[C@H]([C@H](C)C[C@@H]2CC[C@@H](OC(=O)NCc3cnc(N4CCN(CCOCCOCCOCCOCCC(=O)NCCCCn5nc(-c6ccc7oc(N)nc7c6)c6c(N)ncnc65)CC4)nc3)[C@H](OC)C2)C[C@@H](OC)[C@H](C)/C=C(\C)[C@@H](O)[C@@H](OC)C(=O)[C@H](C)C[C@H](C)/C=C/C=C/C=C/1C. The number of carbonyl (C=O) groups is 6. The Balaban J connectivity index is 0.615. The minimum absolute atomic E-state index is 0.00812. The van der Waals surface area contributed by atoms with Gasteiger partial charge in [-0.3, -0.25) is 24.1 Å². The lowest BCUT2D eigenvalue weighted by Gasteiger charge is -2.43. The number of ether oxygens (including phenoxy) is 11. The van der Waals surface area contributed by atoms with Crippen LogP contribution < -0.4 is 27.0 Å². The summed E-state index contributed by atoms with van der Waals surface area (Å²) in [6.07, 6.45) is 17.0. The maximum atomic E-state index is 15.0. The fourth-order valence-corrected chi connectivity index (χ4v) is 17.1. The van der Waals surface area contributed by atoms with Crippen LogP contribution in [-0.2, 0) is 89.2 Å². The van der Waals surface area contributed by atoms with Crippen LogP contribution >= 0.6 is 0 Å². The number of unbranched alkanes of at least 4 members (excludes halogenated alkanes) is 1. The third-order valence-corrected chi connectivity index (χ3v) is 24.4. The number of esters is 1. The molecular weight excluding hydrogens is 1590 g/mol. The molecule has 0 unspecified atom stereocenters. The van der Waals surface area contributed by atoms with Gasteiger partial charge in [0, 0.05) is 148 Å². The summed E-state index contributed by atoms with van der Waals surface area (Å²) < 4.78 is 72.8. The van der Waals surface area contributed by atoms with E-state index in [1.807, 2.05) is 83.2 Å². The lowest BCUT2D eigenvalue weighted by atomic mass is 9.78. The summed E-state index contributed by atoms with van der Waals surface area (Å²) in [7, 11) is 6.16.